The van der Waals surface area contributed by atoms with Crippen LogP contribution in [0.1, 0.15) is 40.4 Å². The summed E-state index contributed by atoms with van der Waals surface area (Å²) in [4.78, 5) is 39.2. The van der Waals surface area contributed by atoms with Crippen molar-refractivity contribution < 1.29 is 32.0 Å². The monoisotopic (exact) mass is 417 g/mol. The molecule has 2 aromatic heterocycles. The summed E-state index contributed by atoms with van der Waals surface area (Å²) in [5, 5.41) is 5.38. The molecule has 30 heavy (non-hydrogen) atoms. The van der Waals surface area contributed by atoms with E-state index in [2.05, 4.69) is 15.6 Å². The Labute approximate surface area is 167 Å². The van der Waals surface area contributed by atoms with E-state index in [1.54, 1.807) is 12.1 Å². The molecule has 0 aliphatic carbocycles. The first-order valence-corrected chi connectivity index (χ1v) is 8.92. The van der Waals surface area contributed by atoms with Gasteiger partial charge in [0.05, 0.1) is 12.2 Å². The van der Waals surface area contributed by atoms with Crippen LogP contribution in [0.15, 0.2) is 47.2 Å². The summed E-state index contributed by atoms with van der Waals surface area (Å²) < 4.78 is 43.9. The van der Waals surface area contributed by atoms with E-state index in [1.807, 2.05) is 0 Å². The molecule has 3 heterocycles. The lowest BCUT2D eigenvalue weighted by Crippen LogP contribution is -2.39. The van der Waals surface area contributed by atoms with E-state index in [0.29, 0.717) is 34.7 Å². The molecule has 4 rings (SSSR count). The summed E-state index contributed by atoms with van der Waals surface area (Å²) >= 11 is 0. The smallest absolute Gasteiger partial charge is 0.433 e. The van der Waals surface area contributed by atoms with Gasteiger partial charge in [-0.2, -0.15) is 13.2 Å². The van der Waals surface area contributed by atoms with Gasteiger partial charge in [0.1, 0.15) is 11.3 Å². The second-order valence-electron chi connectivity index (χ2n) is 6.79. The van der Waals surface area contributed by atoms with Crippen LogP contribution in [0, 0.1) is 0 Å². The average Bonchev–Trinajstić information content (AvgIpc) is 3.10. The number of aromatic nitrogens is 1. The van der Waals surface area contributed by atoms with E-state index < -0.39 is 29.6 Å². The number of nitrogens with one attached hydrogen (secondary N) is 2. The number of imide groups is 1. The number of halogens is 3. The van der Waals surface area contributed by atoms with Crippen LogP contribution >= 0.6 is 0 Å². The van der Waals surface area contributed by atoms with Crippen LogP contribution in [-0.2, 0) is 15.8 Å². The molecular formula is C20H14F3N3O4. The minimum atomic E-state index is -4.66. The predicted octanol–water partition coefficient (Wildman–Crippen LogP) is 3.62. The second kappa shape index (κ2) is 7.29. The molecule has 10 heteroatoms. The molecular weight excluding hydrogens is 403 g/mol. The summed E-state index contributed by atoms with van der Waals surface area (Å²) in [6.45, 7) is 0. The van der Waals surface area contributed by atoms with Crippen LogP contribution in [0.5, 0.6) is 0 Å². The number of piperidine rings is 1. The van der Waals surface area contributed by atoms with E-state index in [9.17, 15) is 27.6 Å². The number of hydrogen-bond donors (Lipinski definition) is 2. The highest BCUT2D eigenvalue weighted by Gasteiger charge is 2.33. The van der Waals surface area contributed by atoms with E-state index in [1.165, 1.54) is 18.4 Å². The molecule has 3 amide bonds. The predicted molar refractivity (Wildman–Crippen MR) is 98.5 cm³/mol. The van der Waals surface area contributed by atoms with Crippen LogP contribution in [-0.4, -0.2) is 22.7 Å². The molecule has 3 aromatic rings. The summed E-state index contributed by atoms with van der Waals surface area (Å²) in [7, 11) is 0. The standard InChI is InChI=1S/C20H14F3N3O4/c21-20(22,23)16-7-10(5-6-24-16)18(28)25-11-1-3-15-13(8-11)14(9-30-15)12-2-4-17(27)26-19(12)29/h1,3,5-9,12H,2,4H2,(H,25,28)(H,26,27,29). The highest BCUT2D eigenvalue weighted by atomic mass is 19.4. The Morgan fingerprint density at radius 1 is 1.20 bits per heavy atom. The van der Waals surface area contributed by atoms with Gasteiger partial charge >= 0.3 is 6.18 Å². The zero-order valence-corrected chi connectivity index (χ0v) is 15.2. The van der Waals surface area contributed by atoms with E-state index in [-0.39, 0.29) is 17.9 Å². The number of anilines is 1. The Hall–Kier alpha value is -3.69. The number of fused-ring (bicyclic) bond motifs is 1. The zero-order valence-electron chi connectivity index (χ0n) is 15.2. The molecule has 1 unspecified atom stereocenters. The highest BCUT2D eigenvalue weighted by Crippen LogP contribution is 2.34. The van der Waals surface area contributed by atoms with Crippen molar-refractivity contribution in [2.75, 3.05) is 5.32 Å². The Kier molecular flexibility index (Phi) is 4.76. The maximum absolute atomic E-state index is 12.8. The molecule has 1 aromatic carbocycles. The van der Waals surface area contributed by atoms with Crippen LogP contribution in [0.3, 0.4) is 0 Å². The number of rotatable bonds is 3. The number of carbonyl (C=O) groups is 3. The lowest BCUT2D eigenvalue weighted by molar-refractivity contribution is -0.141. The third-order valence-corrected chi connectivity index (χ3v) is 4.79. The number of furan rings is 1. The van der Waals surface area contributed by atoms with Gasteiger partial charge in [-0.25, -0.2) is 0 Å². The molecule has 0 radical (unpaired) electrons. The number of carbonyl (C=O) groups excluding carboxylic acids is 3. The fraction of sp³-hybridized carbons (Fsp3) is 0.200. The van der Waals surface area contributed by atoms with Crippen molar-refractivity contribution in [3.63, 3.8) is 0 Å². The first-order valence-electron chi connectivity index (χ1n) is 8.92. The van der Waals surface area contributed by atoms with Crippen molar-refractivity contribution in [1.82, 2.24) is 10.3 Å². The fourth-order valence-corrected chi connectivity index (χ4v) is 3.32. The molecule has 1 atom stereocenters. The third-order valence-electron chi connectivity index (χ3n) is 4.79. The van der Waals surface area contributed by atoms with Crippen molar-refractivity contribution >= 4 is 34.4 Å². The Morgan fingerprint density at radius 2 is 2.00 bits per heavy atom. The van der Waals surface area contributed by atoms with Crippen LogP contribution in [0.25, 0.3) is 11.0 Å². The summed E-state index contributed by atoms with van der Waals surface area (Å²) in [6, 6.07) is 6.52. The van der Waals surface area contributed by atoms with Gasteiger partial charge in [-0.1, -0.05) is 0 Å². The second-order valence-corrected chi connectivity index (χ2v) is 6.79. The molecule has 0 bridgehead atoms. The van der Waals surface area contributed by atoms with Crippen molar-refractivity contribution in [2.45, 2.75) is 24.9 Å². The van der Waals surface area contributed by atoms with Crippen LogP contribution in [0.4, 0.5) is 18.9 Å². The van der Waals surface area contributed by atoms with E-state index in [0.717, 1.165) is 6.20 Å². The number of hydrogen-bond acceptors (Lipinski definition) is 5. The normalized spacial score (nSPS) is 17.1. The number of pyridine rings is 1. The highest BCUT2D eigenvalue weighted by molar-refractivity contribution is 6.06. The van der Waals surface area contributed by atoms with Crippen molar-refractivity contribution in [3.05, 3.63) is 59.6 Å². The molecule has 1 aliphatic rings. The summed E-state index contributed by atoms with van der Waals surface area (Å²) in [6.07, 6.45) is -1.80. The van der Waals surface area contributed by atoms with Gasteiger partial charge in [0, 0.05) is 34.8 Å². The van der Waals surface area contributed by atoms with Gasteiger partial charge in [-0.3, -0.25) is 24.7 Å². The summed E-state index contributed by atoms with van der Waals surface area (Å²) in [5.41, 5.74) is -0.0197. The fourth-order valence-electron chi connectivity index (χ4n) is 3.32. The van der Waals surface area contributed by atoms with Crippen molar-refractivity contribution in [1.29, 1.82) is 0 Å². The van der Waals surface area contributed by atoms with E-state index in [4.69, 9.17) is 4.42 Å². The molecule has 1 saturated heterocycles. The SMILES string of the molecule is O=C1CCC(c2coc3ccc(NC(=O)c4ccnc(C(F)(F)F)c4)cc23)C(=O)N1. The Balaban J connectivity index is 1.61. The van der Waals surface area contributed by atoms with Gasteiger partial charge in [-0.05, 0) is 36.8 Å². The molecule has 7 nitrogen and oxygen atoms in total. The van der Waals surface area contributed by atoms with Crippen LogP contribution < -0.4 is 10.6 Å². The zero-order chi connectivity index (χ0) is 21.5. The molecule has 0 spiro atoms. The number of nitrogens with zero attached hydrogens (tertiary/aromatic N) is 1. The molecule has 1 fully saturated rings. The van der Waals surface area contributed by atoms with Gasteiger partial charge in [0.2, 0.25) is 11.8 Å². The van der Waals surface area contributed by atoms with Crippen molar-refractivity contribution in [2.24, 2.45) is 0 Å². The maximum Gasteiger partial charge on any atom is 0.433 e. The quantitative estimate of drug-likeness (QED) is 0.634. The average molecular weight is 417 g/mol. The van der Waals surface area contributed by atoms with E-state index >= 15 is 0 Å². The topological polar surface area (TPSA) is 101 Å². The number of amides is 3. The lowest BCUT2D eigenvalue weighted by atomic mass is 9.90. The Bertz CT molecular complexity index is 1170. The van der Waals surface area contributed by atoms with Crippen molar-refractivity contribution in [3.8, 4) is 0 Å². The van der Waals surface area contributed by atoms with Crippen LogP contribution in [0.2, 0.25) is 0 Å². The molecule has 2 N–H and O–H groups in total. The first kappa shape index (κ1) is 19.6. The molecule has 154 valence electrons. The third kappa shape index (κ3) is 3.76. The number of benzene rings is 1. The lowest BCUT2D eigenvalue weighted by Gasteiger charge is -2.20. The molecule has 0 saturated carbocycles. The minimum Gasteiger partial charge on any atom is -0.464 e. The largest absolute Gasteiger partial charge is 0.464 e. The van der Waals surface area contributed by atoms with Gasteiger partial charge in [-0.15, -0.1) is 0 Å². The Morgan fingerprint density at radius 3 is 2.73 bits per heavy atom. The number of alkyl halides is 3. The minimum absolute atomic E-state index is 0.198. The van der Waals surface area contributed by atoms with Gasteiger partial charge in [0.15, 0.2) is 0 Å². The molecule has 1 aliphatic heterocycles. The van der Waals surface area contributed by atoms with Gasteiger partial charge in [0.25, 0.3) is 5.91 Å². The first-order chi connectivity index (χ1) is 14.2. The maximum atomic E-state index is 12.8. The van der Waals surface area contributed by atoms with Gasteiger partial charge < -0.3 is 9.73 Å². The summed E-state index contributed by atoms with van der Waals surface area (Å²) in [5.74, 6) is -2.09.